The summed E-state index contributed by atoms with van der Waals surface area (Å²) < 4.78 is 25.6. The van der Waals surface area contributed by atoms with Crippen LogP contribution in [0.1, 0.15) is 62.2 Å². The van der Waals surface area contributed by atoms with Gasteiger partial charge in [-0.3, -0.25) is 0 Å². The number of hydrogen-bond donors (Lipinski definition) is 3. The van der Waals surface area contributed by atoms with Gasteiger partial charge >= 0.3 is 5.97 Å². The van der Waals surface area contributed by atoms with Crippen molar-refractivity contribution in [2.24, 2.45) is 35.0 Å². The lowest BCUT2D eigenvalue weighted by atomic mass is 9.48. The van der Waals surface area contributed by atoms with Crippen LogP contribution in [-0.2, 0) is 9.47 Å². The van der Waals surface area contributed by atoms with Crippen LogP contribution in [0.2, 0.25) is 0 Å². The maximum Gasteiger partial charge on any atom is 0.340 e. The van der Waals surface area contributed by atoms with Crippen LogP contribution in [-0.4, -0.2) is 46.7 Å². The van der Waals surface area contributed by atoms with Gasteiger partial charge in [0.25, 0.3) is 0 Å². The highest BCUT2D eigenvalue weighted by atomic mass is 19.1. The lowest BCUT2D eigenvalue weighted by Gasteiger charge is -2.61. The standard InChI is InChI=1S/C26H34FNO5/c1-13-16-10-22-24-7-3-4-20(33-23(29)17-9-15(27)5-6-19(17)28)18(24)8-14(11-24)25(30,26(13,22)31)12-21(16)32-2/h5-6,9,13-14,16,18,20-22,30-31H,3-4,7-8,10-12,28H2,1-2H3/t13-,14-,16-,18?,20-,21-,22?,24-,25-,26+/m0/s1. The molecule has 33 heavy (non-hydrogen) atoms. The first-order valence-corrected chi connectivity index (χ1v) is 12.4. The van der Waals surface area contributed by atoms with E-state index in [1.165, 1.54) is 12.1 Å². The fraction of sp³-hybridized carbons (Fsp3) is 0.731. The Morgan fingerprint density at radius 1 is 1.21 bits per heavy atom. The molecule has 1 aromatic carbocycles. The topological polar surface area (TPSA) is 102 Å². The second-order valence-electron chi connectivity index (χ2n) is 11.5. The minimum absolute atomic E-state index is 0.0420. The summed E-state index contributed by atoms with van der Waals surface area (Å²) in [5.74, 6) is -0.963. The van der Waals surface area contributed by atoms with Crippen molar-refractivity contribution in [1.82, 2.24) is 0 Å². The van der Waals surface area contributed by atoms with Crippen molar-refractivity contribution in [3.8, 4) is 0 Å². The maximum atomic E-state index is 13.8. The van der Waals surface area contributed by atoms with Crippen LogP contribution in [0, 0.1) is 40.8 Å². The Morgan fingerprint density at radius 2 is 2.00 bits per heavy atom. The molecule has 6 nitrogen and oxygen atoms in total. The van der Waals surface area contributed by atoms with Gasteiger partial charge in [0.2, 0.25) is 0 Å². The molecule has 0 aromatic heterocycles. The Hall–Kier alpha value is -1.70. The fourth-order valence-electron chi connectivity index (χ4n) is 9.38. The van der Waals surface area contributed by atoms with Gasteiger partial charge in [0, 0.05) is 25.1 Å². The highest BCUT2D eigenvalue weighted by Crippen LogP contribution is 2.76. The molecule has 5 aliphatic carbocycles. The van der Waals surface area contributed by atoms with Gasteiger partial charge in [-0.25, -0.2) is 9.18 Å². The molecular weight excluding hydrogens is 425 g/mol. The number of carbonyl (C=O) groups excluding carboxylic acids is 1. The average molecular weight is 460 g/mol. The minimum Gasteiger partial charge on any atom is -0.458 e. The SMILES string of the molecule is CO[C@H]1C[C@]2(O)[C@H]3CC4[C@@H](OC(=O)c5cc(F)ccc5N)CCC[C@@]4(C3)C3C[C@H]1[C@H](C)[C@@]32O. The highest BCUT2D eigenvalue weighted by Gasteiger charge is 2.80. The predicted octanol–water partition coefficient (Wildman–Crippen LogP) is 3.30. The maximum absolute atomic E-state index is 13.8. The molecule has 5 aliphatic rings. The number of esters is 1. The lowest BCUT2D eigenvalue weighted by molar-refractivity contribution is -0.280. The Morgan fingerprint density at radius 3 is 2.76 bits per heavy atom. The number of benzene rings is 1. The zero-order valence-corrected chi connectivity index (χ0v) is 19.3. The second-order valence-corrected chi connectivity index (χ2v) is 11.5. The van der Waals surface area contributed by atoms with Crippen molar-refractivity contribution in [1.29, 1.82) is 0 Å². The van der Waals surface area contributed by atoms with E-state index in [0.29, 0.717) is 6.42 Å². The van der Waals surface area contributed by atoms with Gasteiger partial charge in [0.1, 0.15) is 11.9 Å². The Bertz CT molecular complexity index is 1000. The van der Waals surface area contributed by atoms with E-state index < -0.39 is 23.0 Å². The molecule has 180 valence electrons. The van der Waals surface area contributed by atoms with E-state index >= 15 is 0 Å². The molecule has 6 rings (SSSR count). The molecule has 0 heterocycles. The number of rotatable bonds is 3. The predicted molar refractivity (Wildman–Crippen MR) is 119 cm³/mol. The van der Waals surface area contributed by atoms with Crippen LogP contribution in [0.25, 0.3) is 0 Å². The third-order valence-corrected chi connectivity index (χ3v) is 10.7. The molecule has 1 aromatic rings. The number of anilines is 1. The van der Waals surface area contributed by atoms with Gasteiger partial charge < -0.3 is 25.4 Å². The number of fused-ring (bicyclic) bond motifs is 3. The van der Waals surface area contributed by atoms with Crippen LogP contribution in [0.4, 0.5) is 10.1 Å². The minimum atomic E-state index is -1.19. The molecule has 4 N–H and O–H groups in total. The van der Waals surface area contributed by atoms with Crippen molar-refractivity contribution in [2.45, 2.75) is 75.3 Å². The summed E-state index contributed by atoms with van der Waals surface area (Å²) in [4.78, 5) is 13.0. The van der Waals surface area contributed by atoms with Gasteiger partial charge in [-0.1, -0.05) is 6.92 Å². The first-order chi connectivity index (χ1) is 15.7. The Kier molecular flexibility index (Phi) is 4.57. The third kappa shape index (κ3) is 2.56. The largest absolute Gasteiger partial charge is 0.458 e. The summed E-state index contributed by atoms with van der Waals surface area (Å²) in [6.45, 7) is 2.07. The smallest absolute Gasteiger partial charge is 0.340 e. The number of aliphatic hydroxyl groups is 2. The van der Waals surface area contributed by atoms with Crippen molar-refractivity contribution >= 4 is 11.7 Å². The first-order valence-electron chi connectivity index (χ1n) is 12.4. The second kappa shape index (κ2) is 6.92. The molecule has 5 saturated carbocycles. The molecule has 0 amide bonds. The third-order valence-electron chi connectivity index (χ3n) is 10.7. The van der Waals surface area contributed by atoms with Gasteiger partial charge in [0.05, 0.1) is 22.9 Å². The normalized spacial score (nSPS) is 49.5. The zero-order valence-electron chi connectivity index (χ0n) is 19.3. The molecule has 7 heteroatoms. The molecular formula is C26H34FNO5. The highest BCUT2D eigenvalue weighted by molar-refractivity contribution is 5.95. The molecule has 2 unspecified atom stereocenters. The number of hydrogen-bond acceptors (Lipinski definition) is 6. The number of methoxy groups -OCH3 is 1. The molecule has 0 saturated heterocycles. The van der Waals surface area contributed by atoms with Crippen molar-refractivity contribution < 1.29 is 28.9 Å². The number of carbonyl (C=O) groups is 1. The van der Waals surface area contributed by atoms with Gasteiger partial charge in [-0.2, -0.15) is 0 Å². The average Bonchev–Trinajstić information content (AvgIpc) is 3.28. The van der Waals surface area contributed by atoms with E-state index in [9.17, 15) is 19.4 Å². The summed E-state index contributed by atoms with van der Waals surface area (Å²) in [5, 5.41) is 24.3. The van der Waals surface area contributed by atoms with Gasteiger partial charge in [-0.05, 0) is 85.8 Å². The van der Waals surface area contributed by atoms with E-state index in [1.807, 2.05) is 0 Å². The van der Waals surface area contributed by atoms with Crippen LogP contribution in [0.3, 0.4) is 0 Å². The number of nitrogens with two attached hydrogens (primary N) is 1. The van der Waals surface area contributed by atoms with E-state index in [1.54, 1.807) is 7.11 Å². The molecule has 0 radical (unpaired) electrons. The fourth-order valence-corrected chi connectivity index (χ4v) is 9.38. The molecule has 5 fully saturated rings. The van der Waals surface area contributed by atoms with Crippen LogP contribution >= 0.6 is 0 Å². The van der Waals surface area contributed by atoms with E-state index in [4.69, 9.17) is 15.2 Å². The number of halogens is 1. The van der Waals surface area contributed by atoms with E-state index in [0.717, 1.165) is 44.6 Å². The van der Waals surface area contributed by atoms with Crippen LogP contribution in [0.5, 0.6) is 0 Å². The first kappa shape index (κ1) is 21.8. The molecule has 10 atom stereocenters. The lowest BCUT2D eigenvalue weighted by Crippen LogP contribution is -2.71. The van der Waals surface area contributed by atoms with Crippen molar-refractivity contribution in [3.63, 3.8) is 0 Å². The molecule has 0 aliphatic heterocycles. The van der Waals surface area contributed by atoms with E-state index in [-0.39, 0.29) is 58.5 Å². The summed E-state index contributed by atoms with van der Waals surface area (Å²) in [6, 6.07) is 3.75. The Labute approximate surface area is 193 Å². The van der Waals surface area contributed by atoms with Gasteiger partial charge in [-0.15, -0.1) is 0 Å². The summed E-state index contributed by atoms with van der Waals surface area (Å²) in [6.07, 6.45) is 5.12. The monoisotopic (exact) mass is 459 g/mol. The van der Waals surface area contributed by atoms with Gasteiger partial charge in [0.15, 0.2) is 0 Å². The summed E-state index contributed by atoms with van der Waals surface area (Å²) >= 11 is 0. The van der Waals surface area contributed by atoms with Crippen molar-refractivity contribution in [2.75, 3.05) is 12.8 Å². The zero-order chi connectivity index (χ0) is 23.3. The van der Waals surface area contributed by atoms with E-state index in [2.05, 4.69) is 6.92 Å². The quantitative estimate of drug-likeness (QED) is 0.474. The summed E-state index contributed by atoms with van der Waals surface area (Å²) in [7, 11) is 1.71. The van der Waals surface area contributed by atoms with Crippen LogP contribution in [0.15, 0.2) is 18.2 Å². The molecule has 4 bridgehead atoms. The van der Waals surface area contributed by atoms with Crippen molar-refractivity contribution in [3.05, 3.63) is 29.6 Å². The Balaban J connectivity index is 1.35. The molecule has 1 spiro atoms. The number of nitrogen functional groups attached to an aromatic ring is 1. The summed E-state index contributed by atoms with van der Waals surface area (Å²) in [5.41, 5.74) is 3.71. The van der Waals surface area contributed by atoms with Crippen LogP contribution < -0.4 is 5.73 Å². The number of ether oxygens (including phenoxy) is 2.